The van der Waals surface area contributed by atoms with Gasteiger partial charge < -0.3 is 19.5 Å². The highest BCUT2D eigenvalue weighted by atomic mass is 16.5. The maximum atomic E-state index is 12.7. The predicted octanol–water partition coefficient (Wildman–Crippen LogP) is 1.87. The van der Waals surface area contributed by atoms with Gasteiger partial charge in [0.05, 0.1) is 7.11 Å². The van der Waals surface area contributed by atoms with Crippen LogP contribution in [0.3, 0.4) is 0 Å². The summed E-state index contributed by atoms with van der Waals surface area (Å²) in [6.07, 6.45) is 0. The molecule has 0 unspecified atom stereocenters. The molecule has 0 spiro atoms. The Kier molecular flexibility index (Phi) is 3.59. The highest BCUT2D eigenvalue weighted by molar-refractivity contribution is 6.01. The summed E-state index contributed by atoms with van der Waals surface area (Å²) in [7, 11) is 3.74. The van der Waals surface area contributed by atoms with Crippen molar-refractivity contribution in [1.82, 2.24) is 14.8 Å². The Hall–Kier alpha value is -2.01. The van der Waals surface area contributed by atoms with Gasteiger partial charge in [-0.25, -0.2) is 0 Å². The number of hydrogen-bond acceptors (Lipinski definition) is 3. The highest BCUT2D eigenvalue weighted by Crippen LogP contribution is 2.26. The summed E-state index contributed by atoms with van der Waals surface area (Å²) >= 11 is 0. The van der Waals surface area contributed by atoms with Crippen molar-refractivity contribution in [1.29, 1.82) is 0 Å². The number of carbonyl (C=O) groups is 1. The van der Waals surface area contributed by atoms with Gasteiger partial charge in [-0.2, -0.15) is 0 Å². The number of H-pyrrole nitrogens is 1. The van der Waals surface area contributed by atoms with Crippen LogP contribution in [0.15, 0.2) is 18.2 Å². The van der Waals surface area contributed by atoms with Crippen LogP contribution in [-0.2, 0) is 0 Å². The zero-order valence-corrected chi connectivity index (χ0v) is 12.8. The Morgan fingerprint density at radius 3 is 2.62 bits per heavy atom. The minimum atomic E-state index is 0.0933. The first kappa shape index (κ1) is 13.9. The van der Waals surface area contributed by atoms with E-state index < -0.39 is 0 Å². The topological polar surface area (TPSA) is 48.6 Å². The van der Waals surface area contributed by atoms with E-state index in [0.717, 1.165) is 48.4 Å². The van der Waals surface area contributed by atoms with Gasteiger partial charge in [0, 0.05) is 37.1 Å². The molecule has 1 fully saturated rings. The lowest BCUT2D eigenvalue weighted by Gasteiger charge is -2.32. The van der Waals surface area contributed by atoms with E-state index in [9.17, 15) is 4.79 Å². The first-order chi connectivity index (χ1) is 10.1. The van der Waals surface area contributed by atoms with Gasteiger partial charge in [0.2, 0.25) is 0 Å². The fourth-order valence-electron chi connectivity index (χ4n) is 2.81. The predicted molar refractivity (Wildman–Crippen MR) is 83.0 cm³/mol. The van der Waals surface area contributed by atoms with Gasteiger partial charge in [-0.1, -0.05) is 0 Å². The lowest BCUT2D eigenvalue weighted by Crippen LogP contribution is -2.47. The third kappa shape index (κ3) is 2.49. The van der Waals surface area contributed by atoms with Gasteiger partial charge in [0.15, 0.2) is 0 Å². The van der Waals surface area contributed by atoms with Crippen LogP contribution in [0.25, 0.3) is 10.9 Å². The molecule has 1 amide bonds. The summed E-state index contributed by atoms with van der Waals surface area (Å²) < 4.78 is 5.26. The van der Waals surface area contributed by atoms with E-state index in [2.05, 4.69) is 16.9 Å². The van der Waals surface area contributed by atoms with E-state index in [1.165, 1.54) is 0 Å². The zero-order valence-electron chi connectivity index (χ0n) is 12.8. The standard InChI is InChI=1S/C16H21N3O2/c1-11-13-10-12(21-3)4-5-14(13)17-15(11)16(20)19-8-6-18(2)7-9-19/h4-5,10,17H,6-9H2,1-3H3. The van der Waals surface area contributed by atoms with Crippen LogP contribution in [-0.4, -0.2) is 61.0 Å². The van der Waals surface area contributed by atoms with Crippen LogP contribution in [0.5, 0.6) is 5.75 Å². The largest absolute Gasteiger partial charge is 0.497 e. The minimum absolute atomic E-state index is 0.0933. The van der Waals surface area contributed by atoms with Crippen LogP contribution < -0.4 is 4.74 Å². The van der Waals surface area contributed by atoms with E-state index in [4.69, 9.17) is 4.74 Å². The number of aromatic nitrogens is 1. The van der Waals surface area contributed by atoms with Crippen LogP contribution in [0.2, 0.25) is 0 Å². The number of carbonyl (C=O) groups excluding carboxylic acids is 1. The molecule has 0 saturated carbocycles. The molecular formula is C16H21N3O2. The van der Waals surface area contributed by atoms with E-state index >= 15 is 0 Å². The van der Waals surface area contributed by atoms with Crippen molar-refractivity contribution in [3.8, 4) is 5.75 Å². The fraction of sp³-hybridized carbons (Fsp3) is 0.438. The van der Waals surface area contributed by atoms with Gasteiger partial charge in [-0.3, -0.25) is 4.79 Å². The van der Waals surface area contributed by atoms with Gasteiger partial charge in [0.1, 0.15) is 11.4 Å². The monoisotopic (exact) mass is 287 g/mol. The maximum Gasteiger partial charge on any atom is 0.270 e. The molecule has 1 aromatic heterocycles. The van der Waals surface area contributed by atoms with Crippen molar-refractivity contribution in [2.24, 2.45) is 0 Å². The van der Waals surface area contributed by atoms with E-state index in [1.807, 2.05) is 30.0 Å². The van der Waals surface area contributed by atoms with E-state index in [-0.39, 0.29) is 5.91 Å². The molecule has 1 saturated heterocycles. The molecule has 1 N–H and O–H groups in total. The first-order valence-corrected chi connectivity index (χ1v) is 7.24. The Bertz CT molecular complexity index is 669. The molecule has 0 atom stereocenters. The summed E-state index contributed by atoms with van der Waals surface area (Å²) in [5.41, 5.74) is 2.67. The van der Waals surface area contributed by atoms with Crippen LogP contribution >= 0.6 is 0 Å². The minimum Gasteiger partial charge on any atom is -0.497 e. The molecule has 0 radical (unpaired) electrons. The Morgan fingerprint density at radius 1 is 1.24 bits per heavy atom. The number of hydrogen-bond donors (Lipinski definition) is 1. The van der Waals surface area contributed by atoms with Crippen molar-refractivity contribution in [3.05, 3.63) is 29.5 Å². The second-order valence-corrected chi connectivity index (χ2v) is 5.63. The summed E-state index contributed by atoms with van der Waals surface area (Å²) in [6.45, 7) is 5.42. The average molecular weight is 287 g/mol. The number of likely N-dealkylation sites (N-methyl/N-ethyl adjacent to an activating group) is 1. The van der Waals surface area contributed by atoms with Gasteiger partial charge >= 0.3 is 0 Å². The molecule has 1 aliphatic heterocycles. The number of nitrogens with zero attached hydrogens (tertiary/aromatic N) is 2. The van der Waals surface area contributed by atoms with Crippen molar-refractivity contribution in [2.45, 2.75) is 6.92 Å². The number of rotatable bonds is 2. The number of fused-ring (bicyclic) bond motifs is 1. The summed E-state index contributed by atoms with van der Waals surface area (Å²) in [5.74, 6) is 0.902. The number of piperazine rings is 1. The van der Waals surface area contributed by atoms with Crippen molar-refractivity contribution in [2.75, 3.05) is 40.3 Å². The number of amides is 1. The second kappa shape index (κ2) is 5.41. The smallest absolute Gasteiger partial charge is 0.270 e. The van der Waals surface area contributed by atoms with Gasteiger partial charge in [-0.05, 0) is 37.7 Å². The number of nitrogens with one attached hydrogen (secondary N) is 1. The van der Waals surface area contributed by atoms with Crippen molar-refractivity contribution < 1.29 is 9.53 Å². The quantitative estimate of drug-likeness (QED) is 0.917. The maximum absolute atomic E-state index is 12.7. The van der Waals surface area contributed by atoms with Crippen molar-refractivity contribution >= 4 is 16.8 Å². The van der Waals surface area contributed by atoms with Crippen LogP contribution in [0.1, 0.15) is 16.1 Å². The third-order valence-electron chi connectivity index (χ3n) is 4.27. The summed E-state index contributed by atoms with van der Waals surface area (Å²) in [6, 6.07) is 5.84. The average Bonchev–Trinajstić information content (AvgIpc) is 2.84. The molecule has 0 bridgehead atoms. The number of ether oxygens (including phenoxy) is 1. The van der Waals surface area contributed by atoms with E-state index in [1.54, 1.807) is 7.11 Å². The molecule has 1 aromatic carbocycles. The lowest BCUT2D eigenvalue weighted by atomic mass is 10.1. The summed E-state index contributed by atoms with van der Waals surface area (Å²) in [5, 5.41) is 1.05. The zero-order chi connectivity index (χ0) is 15.0. The molecule has 2 aromatic rings. The molecule has 5 nitrogen and oxygen atoms in total. The molecule has 3 rings (SSSR count). The van der Waals surface area contributed by atoms with Crippen LogP contribution in [0.4, 0.5) is 0 Å². The lowest BCUT2D eigenvalue weighted by molar-refractivity contribution is 0.0658. The van der Waals surface area contributed by atoms with Crippen LogP contribution in [0, 0.1) is 6.92 Å². The Balaban J connectivity index is 1.93. The first-order valence-electron chi connectivity index (χ1n) is 7.24. The van der Waals surface area contributed by atoms with Gasteiger partial charge in [0.25, 0.3) is 5.91 Å². The summed E-state index contributed by atoms with van der Waals surface area (Å²) in [4.78, 5) is 20.1. The second-order valence-electron chi connectivity index (χ2n) is 5.63. The SMILES string of the molecule is COc1ccc2[nH]c(C(=O)N3CCN(C)CC3)c(C)c2c1. The number of aromatic amines is 1. The molecule has 0 aliphatic carbocycles. The normalized spacial score (nSPS) is 16.4. The fourth-order valence-corrected chi connectivity index (χ4v) is 2.81. The molecular weight excluding hydrogens is 266 g/mol. The third-order valence-corrected chi connectivity index (χ3v) is 4.27. The number of methoxy groups -OCH3 is 1. The molecule has 112 valence electrons. The Labute approximate surface area is 124 Å². The highest BCUT2D eigenvalue weighted by Gasteiger charge is 2.23. The number of aryl methyl sites for hydroxylation is 1. The number of benzene rings is 1. The van der Waals surface area contributed by atoms with Crippen molar-refractivity contribution in [3.63, 3.8) is 0 Å². The Morgan fingerprint density at radius 2 is 1.95 bits per heavy atom. The van der Waals surface area contributed by atoms with Gasteiger partial charge in [-0.15, -0.1) is 0 Å². The molecule has 21 heavy (non-hydrogen) atoms. The molecule has 5 heteroatoms. The molecule has 1 aliphatic rings. The van der Waals surface area contributed by atoms with E-state index in [0.29, 0.717) is 5.69 Å². The molecule has 2 heterocycles.